The minimum atomic E-state index is -3.45. The number of hydrogen-bond acceptors (Lipinski definition) is 4. The van der Waals surface area contributed by atoms with E-state index in [0.29, 0.717) is 18.8 Å². The van der Waals surface area contributed by atoms with Crippen LogP contribution in [-0.4, -0.2) is 26.4 Å². The van der Waals surface area contributed by atoms with E-state index in [4.69, 9.17) is 20.2 Å². The van der Waals surface area contributed by atoms with Crippen LogP contribution in [-0.2, 0) is 15.5 Å². The van der Waals surface area contributed by atoms with Crippen molar-refractivity contribution in [1.82, 2.24) is 0 Å². The van der Waals surface area contributed by atoms with Gasteiger partial charge in [0.25, 0.3) is 0 Å². The molecule has 1 aromatic rings. The van der Waals surface area contributed by atoms with Crippen molar-refractivity contribution in [2.45, 2.75) is 32.3 Å². The molecule has 0 bridgehead atoms. The summed E-state index contributed by atoms with van der Waals surface area (Å²) in [7, 11) is 1.69. The van der Waals surface area contributed by atoms with Gasteiger partial charge in [0, 0.05) is 22.7 Å². The van der Waals surface area contributed by atoms with Crippen molar-refractivity contribution >= 4 is 19.7 Å². The Bertz CT molecular complexity index is 566. The molecule has 6 heteroatoms. The second-order valence-electron chi connectivity index (χ2n) is 5.23. The molecule has 0 radical (unpaired) electrons. The van der Waals surface area contributed by atoms with E-state index in [9.17, 15) is 8.42 Å². The van der Waals surface area contributed by atoms with E-state index >= 15 is 0 Å². The van der Waals surface area contributed by atoms with E-state index in [0.717, 1.165) is 17.7 Å². The number of hydrogen-bond donors (Lipinski definition) is 0. The Morgan fingerprint density at radius 3 is 2.84 bits per heavy atom. The minimum absolute atomic E-state index is 0.0874. The molecule has 1 heterocycles. The molecule has 0 unspecified atom stereocenters. The number of ether oxygens (including phenoxy) is 2. The molecule has 0 amide bonds. The van der Waals surface area contributed by atoms with Gasteiger partial charge in [0.1, 0.15) is 5.60 Å². The SMILES string of the molecule is CC1(C)Cc2cccc(OCCCS(=O)(=O)Cl)c2O1. The Labute approximate surface area is 118 Å². The molecule has 0 saturated heterocycles. The average molecular weight is 305 g/mol. The van der Waals surface area contributed by atoms with Crippen molar-refractivity contribution < 1.29 is 17.9 Å². The van der Waals surface area contributed by atoms with E-state index in [1.165, 1.54) is 0 Å². The Balaban J connectivity index is 1.98. The number of para-hydroxylation sites is 1. The standard InChI is InChI=1S/C13H17ClO4S/c1-13(2)9-10-5-3-6-11(12(10)18-13)17-7-4-8-19(14,15)16/h3,5-6H,4,7-9H2,1-2H3. The molecular formula is C13H17ClO4S. The maximum atomic E-state index is 10.8. The predicted octanol–water partition coefficient (Wildman–Crippen LogP) is 2.74. The molecule has 19 heavy (non-hydrogen) atoms. The first-order chi connectivity index (χ1) is 8.77. The van der Waals surface area contributed by atoms with Crippen molar-refractivity contribution in [3.05, 3.63) is 23.8 Å². The van der Waals surface area contributed by atoms with Gasteiger partial charge in [-0.2, -0.15) is 0 Å². The maximum absolute atomic E-state index is 10.8. The summed E-state index contributed by atoms with van der Waals surface area (Å²) >= 11 is 0. The van der Waals surface area contributed by atoms with Gasteiger partial charge >= 0.3 is 0 Å². The van der Waals surface area contributed by atoms with Crippen molar-refractivity contribution in [3.8, 4) is 11.5 Å². The quantitative estimate of drug-likeness (QED) is 0.620. The van der Waals surface area contributed by atoms with Crippen LogP contribution >= 0.6 is 10.7 Å². The lowest BCUT2D eigenvalue weighted by Crippen LogP contribution is -2.24. The summed E-state index contributed by atoms with van der Waals surface area (Å²) in [5.41, 5.74) is 0.897. The molecule has 1 aliphatic heterocycles. The number of benzene rings is 1. The molecule has 0 saturated carbocycles. The van der Waals surface area contributed by atoms with Crippen molar-refractivity contribution in [1.29, 1.82) is 0 Å². The van der Waals surface area contributed by atoms with Gasteiger partial charge in [-0.05, 0) is 26.3 Å². The summed E-state index contributed by atoms with van der Waals surface area (Å²) in [4.78, 5) is 0. The van der Waals surface area contributed by atoms with Crippen LogP contribution in [0.5, 0.6) is 11.5 Å². The van der Waals surface area contributed by atoms with Crippen LogP contribution in [0.4, 0.5) is 0 Å². The van der Waals surface area contributed by atoms with Gasteiger partial charge in [0.2, 0.25) is 9.05 Å². The van der Waals surface area contributed by atoms with Gasteiger partial charge in [-0.25, -0.2) is 8.42 Å². The number of fused-ring (bicyclic) bond motifs is 1. The number of halogens is 1. The molecule has 0 fully saturated rings. The molecular weight excluding hydrogens is 288 g/mol. The number of rotatable bonds is 5. The Hall–Kier alpha value is -0.940. The first-order valence-corrected chi connectivity index (χ1v) is 8.61. The lowest BCUT2D eigenvalue weighted by Gasteiger charge is -2.18. The van der Waals surface area contributed by atoms with Gasteiger partial charge < -0.3 is 9.47 Å². The Morgan fingerprint density at radius 2 is 2.16 bits per heavy atom. The first-order valence-electron chi connectivity index (χ1n) is 6.13. The van der Waals surface area contributed by atoms with Gasteiger partial charge in [-0.1, -0.05) is 12.1 Å². The first kappa shape index (κ1) is 14.5. The fraction of sp³-hybridized carbons (Fsp3) is 0.538. The van der Waals surface area contributed by atoms with Crippen LogP contribution in [0.1, 0.15) is 25.8 Å². The highest BCUT2D eigenvalue weighted by atomic mass is 35.7. The van der Waals surface area contributed by atoms with Crippen LogP contribution < -0.4 is 9.47 Å². The molecule has 0 N–H and O–H groups in total. The molecule has 1 aliphatic rings. The topological polar surface area (TPSA) is 52.6 Å². The summed E-state index contributed by atoms with van der Waals surface area (Å²) in [5, 5.41) is 0. The summed E-state index contributed by atoms with van der Waals surface area (Å²) in [6, 6.07) is 5.76. The van der Waals surface area contributed by atoms with Crippen molar-refractivity contribution in [2.24, 2.45) is 0 Å². The Kier molecular flexibility index (Phi) is 3.97. The van der Waals surface area contributed by atoms with Crippen LogP contribution in [0.15, 0.2) is 18.2 Å². The van der Waals surface area contributed by atoms with E-state index in [1.54, 1.807) is 0 Å². The monoisotopic (exact) mass is 304 g/mol. The molecule has 4 nitrogen and oxygen atoms in total. The molecule has 1 aromatic carbocycles. The van der Waals surface area contributed by atoms with Crippen molar-refractivity contribution in [2.75, 3.05) is 12.4 Å². The van der Waals surface area contributed by atoms with Gasteiger partial charge in [-0.15, -0.1) is 0 Å². The van der Waals surface area contributed by atoms with Crippen LogP contribution in [0, 0.1) is 0 Å². The smallest absolute Gasteiger partial charge is 0.232 e. The highest BCUT2D eigenvalue weighted by Crippen LogP contribution is 2.41. The fourth-order valence-corrected chi connectivity index (χ4v) is 2.90. The predicted molar refractivity (Wildman–Crippen MR) is 74.6 cm³/mol. The minimum Gasteiger partial charge on any atom is -0.490 e. The summed E-state index contributed by atoms with van der Waals surface area (Å²) in [6.45, 7) is 4.35. The zero-order chi connectivity index (χ0) is 14.1. The van der Waals surface area contributed by atoms with Crippen molar-refractivity contribution in [3.63, 3.8) is 0 Å². The van der Waals surface area contributed by atoms with E-state index < -0.39 is 9.05 Å². The zero-order valence-corrected chi connectivity index (χ0v) is 12.6. The second-order valence-corrected chi connectivity index (χ2v) is 8.12. The third-order valence-electron chi connectivity index (χ3n) is 2.85. The van der Waals surface area contributed by atoms with E-state index in [-0.39, 0.29) is 11.4 Å². The molecule has 2 rings (SSSR count). The second kappa shape index (κ2) is 5.21. The van der Waals surface area contributed by atoms with Crippen LogP contribution in [0.3, 0.4) is 0 Å². The highest BCUT2D eigenvalue weighted by Gasteiger charge is 2.32. The normalized spacial score (nSPS) is 16.8. The lowest BCUT2D eigenvalue weighted by atomic mass is 10.0. The maximum Gasteiger partial charge on any atom is 0.232 e. The lowest BCUT2D eigenvalue weighted by molar-refractivity contribution is 0.132. The largest absolute Gasteiger partial charge is 0.490 e. The zero-order valence-electron chi connectivity index (χ0n) is 11.0. The molecule has 0 spiro atoms. The summed E-state index contributed by atoms with van der Waals surface area (Å²) < 4.78 is 33.0. The third-order valence-corrected chi connectivity index (χ3v) is 4.08. The average Bonchev–Trinajstić information content (AvgIpc) is 2.57. The van der Waals surface area contributed by atoms with Gasteiger partial charge in [-0.3, -0.25) is 0 Å². The van der Waals surface area contributed by atoms with Crippen LogP contribution in [0.2, 0.25) is 0 Å². The molecule has 0 aliphatic carbocycles. The van der Waals surface area contributed by atoms with E-state index in [2.05, 4.69) is 0 Å². The Morgan fingerprint density at radius 1 is 1.42 bits per heavy atom. The summed E-state index contributed by atoms with van der Waals surface area (Å²) in [5.74, 6) is 1.34. The molecule has 0 aromatic heterocycles. The molecule has 106 valence electrons. The third kappa shape index (κ3) is 4.01. The summed E-state index contributed by atoms with van der Waals surface area (Å²) in [6.07, 6.45) is 1.20. The van der Waals surface area contributed by atoms with E-state index in [1.807, 2.05) is 32.0 Å². The fourth-order valence-electron chi connectivity index (χ4n) is 2.11. The highest BCUT2D eigenvalue weighted by molar-refractivity contribution is 8.13. The van der Waals surface area contributed by atoms with Gasteiger partial charge in [0.15, 0.2) is 11.5 Å². The van der Waals surface area contributed by atoms with Crippen LogP contribution in [0.25, 0.3) is 0 Å². The molecule has 0 atom stereocenters. The van der Waals surface area contributed by atoms with Gasteiger partial charge in [0.05, 0.1) is 12.4 Å².